The van der Waals surface area contributed by atoms with Gasteiger partial charge in [0.2, 0.25) is 5.95 Å². The molecular formula is C16H18N8O. The maximum absolute atomic E-state index is 12.1. The molecule has 9 heteroatoms. The smallest absolute Gasteiger partial charge is 0.324 e. The highest BCUT2D eigenvalue weighted by Gasteiger charge is 2.33. The Labute approximate surface area is 144 Å². The molecule has 9 nitrogen and oxygen atoms in total. The molecule has 3 aromatic rings. The van der Waals surface area contributed by atoms with Crippen molar-refractivity contribution < 1.29 is 4.79 Å². The summed E-state index contributed by atoms with van der Waals surface area (Å²) in [5, 5.41) is 12.9. The van der Waals surface area contributed by atoms with Gasteiger partial charge >= 0.3 is 6.03 Å². The third-order valence-corrected chi connectivity index (χ3v) is 4.93. The molecule has 2 amide bonds. The summed E-state index contributed by atoms with van der Waals surface area (Å²) in [6.07, 6.45) is 5.70. The molecule has 0 radical (unpaired) electrons. The second kappa shape index (κ2) is 5.20. The summed E-state index contributed by atoms with van der Waals surface area (Å²) in [6, 6.07) is 6.18. The number of hydrogen-bond donors (Lipinski definition) is 0. The molecule has 2 fully saturated rings. The molecule has 2 aliphatic heterocycles. The highest BCUT2D eigenvalue weighted by molar-refractivity contribution is 5.93. The topological polar surface area (TPSA) is 74.8 Å². The molecule has 0 saturated carbocycles. The third kappa shape index (κ3) is 2.15. The van der Waals surface area contributed by atoms with Gasteiger partial charge in [0, 0.05) is 45.6 Å². The van der Waals surface area contributed by atoms with E-state index in [0.717, 1.165) is 36.9 Å². The summed E-state index contributed by atoms with van der Waals surface area (Å²) in [5.74, 6) is 0.857. The number of likely N-dealkylation sites (N-methyl/N-ethyl adjacent to an activating group) is 1. The minimum atomic E-state index is 0.0321. The molecule has 0 spiro atoms. The number of amides is 2. The summed E-state index contributed by atoms with van der Waals surface area (Å²) in [7, 11) is 1.82. The molecule has 0 N–H and O–H groups in total. The molecule has 2 saturated heterocycles. The molecule has 5 rings (SSSR count). The Morgan fingerprint density at radius 3 is 2.84 bits per heavy atom. The molecule has 0 aliphatic carbocycles. The first kappa shape index (κ1) is 14.3. The monoisotopic (exact) mass is 338 g/mol. The first-order valence-corrected chi connectivity index (χ1v) is 8.32. The van der Waals surface area contributed by atoms with Crippen LogP contribution < -0.4 is 9.80 Å². The Morgan fingerprint density at radius 1 is 1.16 bits per heavy atom. The van der Waals surface area contributed by atoms with E-state index in [1.165, 1.54) is 0 Å². The second-order valence-electron chi connectivity index (χ2n) is 6.52. The van der Waals surface area contributed by atoms with Crippen LogP contribution >= 0.6 is 0 Å². The van der Waals surface area contributed by atoms with Gasteiger partial charge in [0.1, 0.15) is 0 Å². The molecule has 5 heterocycles. The molecular weight excluding hydrogens is 320 g/mol. The van der Waals surface area contributed by atoms with Crippen molar-refractivity contribution in [2.75, 3.05) is 43.0 Å². The maximum Gasteiger partial charge on any atom is 0.324 e. The van der Waals surface area contributed by atoms with Crippen molar-refractivity contribution in [1.29, 1.82) is 0 Å². The van der Waals surface area contributed by atoms with Gasteiger partial charge in [-0.05, 0) is 12.1 Å². The minimum absolute atomic E-state index is 0.0321. The van der Waals surface area contributed by atoms with Crippen LogP contribution in [0.15, 0.2) is 36.8 Å². The van der Waals surface area contributed by atoms with E-state index in [1.54, 1.807) is 16.0 Å². The van der Waals surface area contributed by atoms with Crippen molar-refractivity contribution in [3.8, 4) is 0 Å². The average Bonchev–Trinajstić information content (AvgIpc) is 3.28. The van der Waals surface area contributed by atoms with Crippen LogP contribution in [-0.4, -0.2) is 68.5 Å². The van der Waals surface area contributed by atoms with Crippen molar-refractivity contribution in [2.24, 2.45) is 0 Å². The van der Waals surface area contributed by atoms with Gasteiger partial charge in [0.15, 0.2) is 5.65 Å². The van der Waals surface area contributed by atoms with Crippen LogP contribution in [0.2, 0.25) is 0 Å². The Kier molecular flexibility index (Phi) is 2.97. The van der Waals surface area contributed by atoms with Crippen LogP contribution in [0.1, 0.15) is 6.04 Å². The number of fused-ring (bicyclic) bond motifs is 1. The molecule has 0 aromatic carbocycles. The molecule has 2 aliphatic rings. The highest BCUT2D eigenvalue weighted by Crippen LogP contribution is 2.28. The van der Waals surface area contributed by atoms with E-state index >= 15 is 0 Å². The summed E-state index contributed by atoms with van der Waals surface area (Å²) in [4.78, 5) is 17.8. The van der Waals surface area contributed by atoms with E-state index in [4.69, 9.17) is 0 Å². The number of anilines is 2. The number of urea groups is 1. The van der Waals surface area contributed by atoms with Gasteiger partial charge in [-0.2, -0.15) is 5.10 Å². The average molecular weight is 338 g/mol. The lowest BCUT2D eigenvalue weighted by Gasteiger charge is -2.39. The molecule has 0 unspecified atom stereocenters. The second-order valence-corrected chi connectivity index (χ2v) is 6.52. The number of carbonyl (C=O) groups is 1. The van der Waals surface area contributed by atoms with Gasteiger partial charge in [-0.3, -0.25) is 14.0 Å². The lowest BCUT2D eigenvalue weighted by molar-refractivity contribution is 0.229. The Morgan fingerprint density at radius 2 is 2.04 bits per heavy atom. The first-order chi connectivity index (χ1) is 12.2. The quantitative estimate of drug-likeness (QED) is 0.708. The van der Waals surface area contributed by atoms with Crippen molar-refractivity contribution in [3.63, 3.8) is 0 Å². The van der Waals surface area contributed by atoms with Gasteiger partial charge in [0.05, 0.1) is 17.9 Å². The Bertz CT molecular complexity index is 940. The number of aromatic nitrogens is 5. The van der Waals surface area contributed by atoms with Crippen molar-refractivity contribution in [2.45, 2.75) is 6.04 Å². The van der Waals surface area contributed by atoms with E-state index in [2.05, 4.69) is 20.2 Å². The van der Waals surface area contributed by atoms with Crippen LogP contribution in [0.5, 0.6) is 0 Å². The lowest BCUT2D eigenvalue weighted by Crippen LogP contribution is -2.48. The summed E-state index contributed by atoms with van der Waals surface area (Å²) < 4.78 is 3.93. The van der Waals surface area contributed by atoms with Gasteiger partial charge in [-0.25, -0.2) is 4.79 Å². The van der Waals surface area contributed by atoms with Crippen LogP contribution in [0.4, 0.5) is 16.4 Å². The zero-order valence-electron chi connectivity index (χ0n) is 13.9. The first-order valence-electron chi connectivity index (χ1n) is 8.32. The van der Waals surface area contributed by atoms with E-state index < -0.39 is 0 Å². The lowest BCUT2D eigenvalue weighted by atomic mass is 10.1. The normalized spacial score (nSPS) is 18.4. The highest BCUT2D eigenvalue weighted by atomic mass is 16.2. The predicted molar refractivity (Wildman–Crippen MR) is 91.8 cm³/mol. The van der Waals surface area contributed by atoms with E-state index in [-0.39, 0.29) is 12.1 Å². The molecule has 0 bridgehead atoms. The number of hydrogen-bond acceptors (Lipinski definition) is 5. The summed E-state index contributed by atoms with van der Waals surface area (Å²) >= 11 is 0. The van der Waals surface area contributed by atoms with E-state index in [0.29, 0.717) is 6.54 Å². The van der Waals surface area contributed by atoms with Crippen LogP contribution in [-0.2, 0) is 0 Å². The minimum Gasteiger partial charge on any atom is -0.336 e. The third-order valence-electron chi connectivity index (χ3n) is 4.93. The van der Waals surface area contributed by atoms with Gasteiger partial charge in [-0.15, -0.1) is 10.2 Å². The zero-order valence-corrected chi connectivity index (χ0v) is 13.9. The zero-order chi connectivity index (χ0) is 17.0. The largest absolute Gasteiger partial charge is 0.336 e. The number of carbonyl (C=O) groups excluding carboxylic acids is 1. The van der Waals surface area contributed by atoms with Crippen LogP contribution in [0.25, 0.3) is 5.65 Å². The molecule has 128 valence electrons. The fourth-order valence-corrected chi connectivity index (χ4v) is 3.38. The van der Waals surface area contributed by atoms with Crippen LogP contribution in [0.3, 0.4) is 0 Å². The summed E-state index contributed by atoms with van der Waals surface area (Å²) in [5.41, 5.74) is 1.71. The summed E-state index contributed by atoms with van der Waals surface area (Å²) in [6.45, 7) is 3.11. The molecule has 3 aromatic heterocycles. The van der Waals surface area contributed by atoms with E-state index in [1.807, 2.05) is 46.7 Å². The van der Waals surface area contributed by atoms with Gasteiger partial charge in [0.25, 0.3) is 0 Å². The standard InChI is InChI=1S/C16H18N8O/c1-20-6-7-22(16(20)25)12-8-17-24(11-12)13-9-21(10-13)15-19-18-14-4-2-3-5-23(14)15/h2-5,8,11,13H,6-7,9-10H2,1H3. The Hall–Kier alpha value is -3.10. The van der Waals surface area contributed by atoms with E-state index in [9.17, 15) is 4.79 Å². The Balaban J connectivity index is 1.30. The maximum atomic E-state index is 12.1. The number of pyridine rings is 1. The van der Waals surface area contributed by atoms with Crippen molar-refractivity contribution in [1.82, 2.24) is 29.3 Å². The fraction of sp³-hybridized carbons (Fsp3) is 0.375. The SMILES string of the molecule is CN1CCN(c2cnn(C3CN(c4nnc5ccccn45)C3)c2)C1=O. The van der Waals surface area contributed by atoms with Crippen molar-refractivity contribution >= 4 is 23.3 Å². The number of nitrogens with zero attached hydrogens (tertiary/aromatic N) is 8. The van der Waals surface area contributed by atoms with Crippen LogP contribution in [0, 0.1) is 0 Å². The van der Waals surface area contributed by atoms with Gasteiger partial charge < -0.3 is 9.80 Å². The fourth-order valence-electron chi connectivity index (χ4n) is 3.38. The molecule has 25 heavy (non-hydrogen) atoms. The molecule has 0 atom stereocenters. The predicted octanol–water partition coefficient (Wildman–Crippen LogP) is 0.859. The van der Waals surface area contributed by atoms with Crippen molar-refractivity contribution in [3.05, 3.63) is 36.8 Å². The van der Waals surface area contributed by atoms with Gasteiger partial charge in [-0.1, -0.05) is 6.07 Å². The number of rotatable bonds is 3.